The summed E-state index contributed by atoms with van der Waals surface area (Å²) in [4.78, 5) is 14.7. The van der Waals surface area contributed by atoms with Gasteiger partial charge in [-0.2, -0.15) is 0 Å². The SMILES string of the molecule is COc1ccc(-c2ccc(OCc3cc(C(=O)NS(=O)(=O)CCCN4CCOCC4)oc3C)cc2)cc1. The molecular formula is C27H32N2O7S. The fourth-order valence-corrected chi connectivity index (χ4v) is 5.00. The number of furan rings is 1. The van der Waals surface area contributed by atoms with E-state index in [-0.39, 0.29) is 18.1 Å². The molecule has 2 aromatic carbocycles. The highest BCUT2D eigenvalue weighted by Crippen LogP contribution is 2.25. The lowest BCUT2D eigenvalue weighted by atomic mass is 10.1. The van der Waals surface area contributed by atoms with Crippen LogP contribution in [0.25, 0.3) is 11.1 Å². The molecule has 9 nitrogen and oxygen atoms in total. The number of methoxy groups -OCH3 is 1. The lowest BCUT2D eigenvalue weighted by molar-refractivity contribution is 0.0381. The Balaban J connectivity index is 1.28. The summed E-state index contributed by atoms with van der Waals surface area (Å²) in [6.07, 6.45) is 0.427. The molecular weight excluding hydrogens is 496 g/mol. The Morgan fingerprint density at radius 3 is 2.24 bits per heavy atom. The summed E-state index contributed by atoms with van der Waals surface area (Å²) in [7, 11) is -2.14. The van der Waals surface area contributed by atoms with Gasteiger partial charge in [-0.25, -0.2) is 13.1 Å². The predicted octanol–water partition coefficient (Wildman–Crippen LogP) is 3.62. The summed E-state index contributed by atoms with van der Waals surface area (Å²) >= 11 is 0. The molecule has 1 fully saturated rings. The standard InChI is InChI=1S/C27H32N2O7S/c1-20-23(19-35-25-10-6-22(7-11-25)21-4-8-24(33-2)9-5-21)18-26(36-20)27(30)28-37(31,32)17-3-12-29-13-15-34-16-14-29/h4-11,18H,3,12-17,19H2,1-2H3,(H,28,30). The van der Waals surface area contributed by atoms with Crippen molar-refractivity contribution < 1.29 is 31.8 Å². The van der Waals surface area contributed by atoms with E-state index >= 15 is 0 Å². The molecule has 1 amide bonds. The van der Waals surface area contributed by atoms with Crippen molar-refractivity contribution in [3.63, 3.8) is 0 Å². The molecule has 1 saturated heterocycles. The highest BCUT2D eigenvalue weighted by molar-refractivity contribution is 7.90. The number of aryl methyl sites for hydroxylation is 1. The quantitative estimate of drug-likeness (QED) is 0.402. The molecule has 0 aliphatic carbocycles. The van der Waals surface area contributed by atoms with Crippen molar-refractivity contribution in [2.45, 2.75) is 20.0 Å². The molecule has 198 valence electrons. The van der Waals surface area contributed by atoms with Crippen LogP contribution in [0.15, 0.2) is 59.0 Å². The highest BCUT2D eigenvalue weighted by Gasteiger charge is 2.21. The molecule has 0 radical (unpaired) electrons. The van der Waals surface area contributed by atoms with E-state index in [1.165, 1.54) is 6.07 Å². The zero-order chi connectivity index (χ0) is 26.3. The summed E-state index contributed by atoms with van der Waals surface area (Å²) in [6, 6.07) is 17.0. The summed E-state index contributed by atoms with van der Waals surface area (Å²) in [5, 5.41) is 0. The van der Waals surface area contributed by atoms with Crippen LogP contribution < -0.4 is 14.2 Å². The molecule has 0 unspecified atom stereocenters. The second kappa shape index (κ2) is 12.3. The molecule has 0 saturated carbocycles. The van der Waals surface area contributed by atoms with Crippen LogP contribution >= 0.6 is 0 Å². The number of sulfonamides is 1. The Labute approximate surface area is 217 Å². The Bertz CT molecular complexity index is 1280. The van der Waals surface area contributed by atoms with E-state index in [0.717, 1.165) is 30.0 Å². The van der Waals surface area contributed by atoms with Gasteiger partial charge in [0.1, 0.15) is 23.9 Å². The number of nitrogens with zero attached hydrogens (tertiary/aromatic N) is 1. The fourth-order valence-electron chi connectivity index (χ4n) is 4.01. The first kappa shape index (κ1) is 26.7. The van der Waals surface area contributed by atoms with Crippen molar-refractivity contribution in [1.82, 2.24) is 9.62 Å². The van der Waals surface area contributed by atoms with Crippen LogP contribution in [-0.4, -0.2) is 64.9 Å². The van der Waals surface area contributed by atoms with Gasteiger partial charge in [-0.15, -0.1) is 0 Å². The van der Waals surface area contributed by atoms with E-state index in [1.807, 2.05) is 48.5 Å². The molecule has 1 aromatic heterocycles. The molecule has 0 bridgehead atoms. The maximum absolute atomic E-state index is 12.5. The van der Waals surface area contributed by atoms with Gasteiger partial charge >= 0.3 is 0 Å². The van der Waals surface area contributed by atoms with Gasteiger partial charge in [-0.05, 0) is 61.3 Å². The second-order valence-corrected chi connectivity index (χ2v) is 10.6. The average molecular weight is 529 g/mol. The first-order valence-electron chi connectivity index (χ1n) is 12.1. The first-order chi connectivity index (χ1) is 17.8. The van der Waals surface area contributed by atoms with Gasteiger partial charge in [-0.3, -0.25) is 9.69 Å². The molecule has 3 aromatic rings. The zero-order valence-corrected chi connectivity index (χ0v) is 21.9. The van der Waals surface area contributed by atoms with Crippen LogP contribution in [0.2, 0.25) is 0 Å². The van der Waals surface area contributed by atoms with Crippen molar-refractivity contribution in [3.8, 4) is 22.6 Å². The molecule has 2 heterocycles. The molecule has 4 rings (SSSR count). The number of amides is 1. The minimum absolute atomic E-state index is 0.0669. The summed E-state index contributed by atoms with van der Waals surface area (Å²) in [6.45, 7) is 5.41. The number of benzene rings is 2. The average Bonchev–Trinajstić information content (AvgIpc) is 3.28. The van der Waals surface area contributed by atoms with Gasteiger partial charge < -0.3 is 18.6 Å². The van der Waals surface area contributed by atoms with Crippen molar-refractivity contribution in [2.75, 3.05) is 45.7 Å². The minimum Gasteiger partial charge on any atom is -0.497 e. The normalized spacial score (nSPS) is 14.3. The number of hydrogen-bond acceptors (Lipinski definition) is 8. The van der Waals surface area contributed by atoms with Crippen LogP contribution in [0.5, 0.6) is 11.5 Å². The molecule has 1 N–H and O–H groups in total. The number of nitrogens with one attached hydrogen (secondary N) is 1. The molecule has 0 atom stereocenters. The maximum atomic E-state index is 12.5. The van der Waals surface area contributed by atoms with E-state index in [1.54, 1.807) is 14.0 Å². The lowest BCUT2D eigenvalue weighted by Gasteiger charge is -2.26. The Kier molecular flexibility index (Phi) is 8.86. The Morgan fingerprint density at radius 2 is 1.62 bits per heavy atom. The highest BCUT2D eigenvalue weighted by atomic mass is 32.2. The van der Waals surface area contributed by atoms with Crippen molar-refractivity contribution >= 4 is 15.9 Å². The van der Waals surface area contributed by atoms with Crippen molar-refractivity contribution in [1.29, 1.82) is 0 Å². The Morgan fingerprint density at radius 1 is 1.00 bits per heavy atom. The third kappa shape index (κ3) is 7.58. The number of morpholine rings is 1. The molecule has 37 heavy (non-hydrogen) atoms. The van der Waals surface area contributed by atoms with Crippen LogP contribution in [0, 0.1) is 6.92 Å². The number of carbonyl (C=O) groups is 1. The van der Waals surface area contributed by atoms with Crippen molar-refractivity contribution in [3.05, 3.63) is 71.7 Å². The molecule has 1 aliphatic rings. The van der Waals surface area contributed by atoms with E-state index in [0.29, 0.717) is 43.3 Å². The first-order valence-corrected chi connectivity index (χ1v) is 13.8. The topological polar surface area (TPSA) is 107 Å². The third-order valence-electron chi connectivity index (χ3n) is 6.16. The number of rotatable bonds is 11. The summed E-state index contributed by atoms with van der Waals surface area (Å²) < 4.78 is 48.7. The van der Waals surface area contributed by atoms with Crippen LogP contribution in [-0.2, 0) is 21.4 Å². The van der Waals surface area contributed by atoms with E-state index in [4.69, 9.17) is 18.6 Å². The summed E-state index contributed by atoms with van der Waals surface area (Å²) in [5.41, 5.74) is 2.76. The zero-order valence-electron chi connectivity index (χ0n) is 21.1. The lowest BCUT2D eigenvalue weighted by Crippen LogP contribution is -2.38. The van der Waals surface area contributed by atoms with Gasteiger partial charge in [0.15, 0.2) is 5.76 Å². The monoisotopic (exact) mass is 528 g/mol. The fraction of sp³-hybridized carbons (Fsp3) is 0.370. The van der Waals surface area contributed by atoms with Gasteiger partial charge in [0, 0.05) is 18.7 Å². The maximum Gasteiger partial charge on any atom is 0.300 e. The van der Waals surface area contributed by atoms with Gasteiger partial charge in [0.05, 0.1) is 26.1 Å². The number of carbonyl (C=O) groups excluding carboxylic acids is 1. The molecule has 0 spiro atoms. The van der Waals surface area contributed by atoms with Gasteiger partial charge in [-0.1, -0.05) is 24.3 Å². The van der Waals surface area contributed by atoms with E-state index in [2.05, 4.69) is 9.62 Å². The Hall–Kier alpha value is -3.34. The summed E-state index contributed by atoms with van der Waals surface area (Å²) in [5.74, 6) is 0.954. The number of hydrogen-bond donors (Lipinski definition) is 1. The third-order valence-corrected chi connectivity index (χ3v) is 7.48. The predicted molar refractivity (Wildman–Crippen MR) is 139 cm³/mol. The smallest absolute Gasteiger partial charge is 0.300 e. The van der Waals surface area contributed by atoms with Gasteiger partial charge in [0.2, 0.25) is 10.0 Å². The van der Waals surface area contributed by atoms with E-state index in [9.17, 15) is 13.2 Å². The van der Waals surface area contributed by atoms with Crippen LogP contribution in [0.4, 0.5) is 0 Å². The van der Waals surface area contributed by atoms with Crippen molar-refractivity contribution in [2.24, 2.45) is 0 Å². The number of ether oxygens (including phenoxy) is 3. The van der Waals surface area contributed by atoms with Crippen LogP contribution in [0.3, 0.4) is 0 Å². The van der Waals surface area contributed by atoms with Gasteiger partial charge in [0.25, 0.3) is 5.91 Å². The largest absolute Gasteiger partial charge is 0.497 e. The second-order valence-electron chi connectivity index (χ2n) is 8.79. The molecule has 1 aliphatic heterocycles. The van der Waals surface area contributed by atoms with E-state index < -0.39 is 15.9 Å². The van der Waals surface area contributed by atoms with Crippen LogP contribution in [0.1, 0.15) is 28.3 Å². The molecule has 10 heteroatoms. The minimum atomic E-state index is -3.78.